The van der Waals surface area contributed by atoms with Crippen molar-refractivity contribution in [2.75, 3.05) is 0 Å². The molecule has 0 aromatic rings. The van der Waals surface area contributed by atoms with Crippen molar-refractivity contribution in [2.45, 2.75) is 12.2 Å². The number of carbonyl (C=O) groups is 1. The second kappa shape index (κ2) is 2.93. The van der Waals surface area contributed by atoms with Gasteiger partial charge in [-0.15, -0.1) is 0 Å². The van der Waals surface area contributed by atoms with Crippen LogP contribution in [-0.2, 0) is 4.79 Å². The van der Waals surface area contributed by atoms with Crippen LogP contribution in [0.3, 0.4) is 0 Å². The SMILES string of the molecule is NC(=O)C1=NC2N=CC=NC2C=C1. The van der Waals surface area contributed by atoms with Gasteiger partial charge in [0.25, 0.3) is 5.91 Å². The highest BCUT2D eigenvalue weighted by Crippen LogP contribution is 2.14. The first kappa shape index (κ1) is 7.85. The fourth-order valence-electron chi connectivity index (χ4n) is 1.21. The Morgan fingerprint density at radius 2 is 2.15 bits per heavy atom. The lowest BCUT2D eigenvalue weighted by molar-refractivity contribution is -0.111. The molecule has 0 fully saturated rings. The van der Waals surface area contributed by atoms with E-state index in [1.807, 2.05) is 0 Å². The van der Waals surface area contributed by atoms with Gasteiger partial charge >= 0.3 is 0 Å². The van der Waals surface area contributed by atoms with Crippen LogP contribution >= 0.6 is 0 Å². The average molecular weight is 176 g/mol. The third-order valence-electron chi connectivity index (χ3n) is 1.84. The van der Waals surface area contributed by atoms with Crippen molar-refractivity contribution in [1.29, 1.82) is 0 Å². The molecule has 0 aromatic carbocycles. The van der Waals surface area contributed by atoms with Crippen molar-refractivity contribution < 1.29 is 4.79 Å². The Morgan fingerprint density at radius 3 is 2.92 bits per heavy atom. The summed E-state index contributed by atoms with van der Waals surface area (Å²) in [5.41, 5.74) is 5.34. The molecular formula is C8H8N4O. The summed E-state index contributed by atoms with van der Waals surface area (Å²) in [4.78, 5) is 23.0. The lowest BCUT2D eigenvalue weighted by atomic mass is 10.1. The highest BCUT2D eigenvalue weighted by molar-refractivity contribution is 6.43. The number of nitrogens with two attached hydrogens (primary N) is 1. The molecule has 0 bridgehead atoms. The van der Waals surface area contributed by atoms with Gasteiger partial charge in [-0.25, -0.2) is 0 Å². The Balaban J connectivity index is 2.27. The summed E-state index contributed by atoms with van der Waals surface area (Å²) in [7, 11) is 0. The largest absolute Gasteiger partial charge is 0.364 e. The van der Waals surface area contributed by atoms with Gasteiger partial charge in [-0.3, -0.25) is 19.8 Å². The number of amides is 1. The zero-order chi connectivity index (χ0) is 9.26. The van der Waals surface area contributed by atoms with Gasteiger partial charge in [0.15, 0.2) is 6.17 Å². The number of fused-ring (bicyclic) bond motifs is 1. The van der Waals surface area contributed by atoms with Gasteiger partial charge in [0, 0.05) is 12.4 Å². The molecule has 2 N–H and O–H groups in total. The lowest BCUT2D eigenvalue weighted by Crippen LogP contribution is -2.31. The summed E-state index contributed by atoms with van der Waals surface area (Å²) in [6.45, 7) is 0. The smallest absolute Gasteiger partial charge is 0.266 e. The molecule has 0 radical (unpaired) electrons. The standard InChI is InChI=1S/C8H8N4O/c9-7(13)5-1-2-6-8(12-5)11-4-3-10-6/h1-4,6,8H,(H2,9,13). The van der Waals surface area contributed by atoms with E-state index in [1.165, 1.54) is 0 Å². The molecule has 0 saturated carbocycles. The van der Waals surface area contributed by atoms with Gasteiger partial charge in [0.05, 0.1) is 0 Å². The molecule has 5 heteroatoms. The Kier molecular flexibility index (Phi) is 1.77. The molecule has 2 heterocycles. The molecule has 2 aliphatic rings. The molecule has 5 nitrogen and oxygen atoms in total. The number of carbonyl (C=O) groups excluding carboxylic acids is 1. The van der Waals surface area contributed by atoms with Gasteiger partial charge in [-0.1, -0.05) is 6.08 Å². The number of hydrogen-bond donors (Lipinski definition) is 1. The van der Waals surface area contributed by atoms with Crippen LogP contribution in [-0.4, -0.2) is 36.3 Å². The van der Waals surface area contributed by atoms with E-state index >= 15 is 0 Å². The highest BCUT2D eigenvalue weighted by Gasteiger charge is 2.22. The fourth-order valence-corrected chi connectivity index (χ4v) is 1.21. The van der Waals surface area contributed by atoms with Crippen molar-refractivity contribution in [2.24, 2.45) is 20.7 Å². The van der Waals surface area contributed by atoms with Gasteiger partial charge in [0.2, 0.25) is 0 Å². The zero-order valence-electron chi connectivity index (χ0n) is 6.79. The summed E-state index contributed by atoms with van der Waals surface area (Å²) in [5, 5.41) is 0. The maximum atomic E-state index is 10.8. The van der Waals surface area contributed by atoms with Crippen molar-refractivity contribution >= 4 is 24.0 Å². The van der Waals surface area contributed by atoms with Gasteiger partial charge < -0.3 is 5.73 Å². The number of dihydropyridines is 1. The minimum atomic E-state index is -0.528. The van der Waals surface area contributed by atoms with E-state index in [2.05, 4.69) is 15.0 Å². The first-order chi connectivity index (χ1) is 6.27. The molecule has 2 rings (SSSR count). The molecule has 0 saturated heterocycles. The van der Waals surface area contributed by atoms with Crippen molar-refractivity contribution in [3.63, 3.8) is 0 Å². The maximum Gasteiger partial charge on any atom is 0.266 e. The molecular weight excluding hydrogens is 168 g/mol. The van der Waals surface area contributed by atoms with Crippen molar-refractivity contribution in [1.82, 2.24) is 0 Å². The summed E-state index contributed by atoms with van der Waals surface area (Å²) < 4.78 is 0. The Labute approximate surface area is 74.8 Å². The van der Waals surface area contributed by atoms with E-state index in [4.69, 9.17) is 5.73 Å². The molecule has 0 aromatic heterocycles. The maximum absolute atomic E-state index is 10.8. The molecule has 13 heavy (non-hydrogen) atoms. The zero-order valence-corrected chi connectivity index (χ0v) is 6.79. The van der Waals surface area contributed by atoms with Crippen LogP contribution in [0.4, 0.5) is 0 Å². The average Bonchev–Trinajstić information content (AvgIpc) is 2.17. The fraction of sp³-hybridized carbons (Fsp3) is 0.250. The third-order valence-corrected chi connectivity index (χ3v) is 1.84. The Morgan fingerprint density at radius 1 is 1.38 bits per heavy atom. The second-order valence-corrected chi connectivity index (χ2v) is 2.74. The quantitative estimate of drug-likeness (QED) is 0.565. The number of hydrogen-bond acceptors (Lipinski definition) is 4. The summed E-state index contributed by atoms with van der Waals surface area (Å²) in [6.07, 6.45) is 6.25. The molecule has 66 valence electrons. The summed E-state index contributed by atoms with van der Waals surface area (Å²) >= 11 is 0. The number of aliphatic imine (C=N–C) groups is 3. The van der Waals surface area contributed by atoms with E-state index < -0.39 is 5.91 Å². The predicted octanol–water partition coefficient (Wildman–Crippen LogP) is -0.668. The predicted molar refractivity (Wildman–Crippen MR) is 50.3 cm³/mol. The highest BCUT2D eigenvalue weighted by atomic mass is 16.1. The lowest BCUT2D eigenvalue weighted by Gasteiger charge is -2.19. The van der Waals surface area contributed by atoms with E-state index in [0.29, 0.717) is 0 Å². The Hall–Kier alpha value is -1.78. The normalized spacial score (nSPS) is 29.7. The van der Waals surface area contributed by atoms with Crippen LogP contribution in [0.1, 0.15) is 0 Å². The van der Waals surface area contributed by atoms with Crippen LogP contribution in [0, 0.1) is 0 Å². The molecule has 2 atom stereocenters. The van der Waals surface area contributed by atoms with Gasteiger partial charge in [0.1, 0.15) is 11.8 Å². The van der Waals surface area contributed by atoms with Crippen LogP contribution in [0.2, 0.25) is 0 Å². The van der Waals surface area contributed by atoms with Crippen molar-refractivity contribution in [3.8, 4) is 0 Å². The number of rotatable bonds is 1. The first-order valence-electron chi connectivity index (χ1n) is 3.88. The van der Waals surface area contributed by atoms with E-state index in [0.717, 1.165) is 0 Å². The van der Waals surface area contributed by atoms with E-state index in [-0.39, 0.29) is 17.9 Å². The second-order valence-electron chi connectivity index (χ2n) is 2.74. The molecule has 0 spiro atoms. The molecule has 2 unspecified atom stereocenters. The molecule has 0 aliphatic carbocycles. The third kappa shape index (κ3) is 1.40. The van der Waals surface area contributed by atoms with E-state index in [9.17, 15) is 4.79 Å². The van der Waals surface area contributed by atoms with Gasteiger partial charge in [-0.05, 0) is 6.08 Å². The minimum Gasteiger partial charge on any atom is -0.364 e. The first-order valence-corrected chi connectivity index (χ1v) is 3.88. The van der Waals surface area contributed by atoms with Crippen LogP contribution < -0.4 is 5.73 Å². The summed E-state index contributed by atoms with van der Waals surface area (Å²) in [6, 6.07) is -0.0758. The minimum absolute atomic E-state index is 0.0758. The summed E-state index contributed by atoms with van der Waals surface area (Å²) in [5.74, 6) is -0.528. The topological polar surface area (TPSA) is 80.2 Å². The van der Waals surface area contributed by atoms with E-state index in [1.54, 1.807) is 24.6 Å². The van der Waals surface area contributed by atoms with Crippen LogP contribution in [0.15, 0.2) is 27.1 Å². The molecule has 1 amide bonds. The monoisotopic (exact) mass is 176 g/mol. The van der Waals surface area contributed by atoms with Gasteiger partial charge in [-0.2, -0.15) is 0 Å². The van der Waals surface area contributed by atoms with Crippen molar-refractivity contribution in [3.05, 3.63) is 12.2 Å². The Bertz CT molecular complexity index is 353. The van der Waals surface area contributed by atoms with Crippen LogP contribution in [0.25, 0.3) is 0 Å². The van der Waals surface area contributed by atoms with Crippen LogP contribution in [0.5, 0.6) is 0 Å². The number of nitrogens with zero attached hydrogens (tertiary/aromatic N) is 3. The number of primary amides is 1. The molecule has 2 aliphatic heterocycles.